The summed E-state index contributed by atoms with van der Waals surface area (Å²) in [7, 11) is 0. The van der Waals surface area contributed by atoms with E-state index in [1.165, 1.54) is 33.4 Å². The Hall–Kier alpha value is -2.64. The van der Waals surface area contributed by atoms with Gasteiger partial charge in [-0.2, -0.15) is 9.50 Å². The molecule has 1 N–H and O–H groups in total. The highest BCUT2D eigenvalue weighted by molar-refractivity contribution is 7.17. The highest BCUT2D eigenvalue weighted by atomic mass is 32.1. The molecular weight excluding hydrogens is 396 g/mol. The molecule has 5 rings (SSSR count). The molecule has 3 atom stereocenters. The van der Waals surface area contributed by atoms with Crippen molar-refractivity contribution in [3.05, 3.63) is 58.7 Å². The number of likely N-dealkylation sites (tertiary alicyclic amines) is 1. The maximum Gasteiger partial charge on any atom is 0.230 e. The molecule has 0 aliphatic carbocycles. The van der Waals surface area contributed by atoms with Gasteiger partial charge in [0.2, 0.25) is 16.7 Å². The van der Waals surface area contributed by atoms with Crippen LogP contribution in [-0.4, -0.2) is 37.7 Å². The number of aromatic hydroxyl groups is 1. The van der Waals surface area contributed by atoms with Gasteiger partial charge in [-0.1, -0.05) is 55.0 Å². The van der Waals surface area contributed by atoms with E-state index in [0.717, 1.165) is 18.0 Å². The Kier molecular flexibility index (Phi) is 4.87. The number of aryl methyl sites for hydroxylation is 1. The number of hydrogen-bond acceptors (Lipinski definition) is 6. The zero-order valence-corrected chi connectivity index (χ0v) is 18.3. The lowest BCUT2D eigenvalue weighted by atomic mass is 9.89. The summed E-state index contributed by atoms with van der Waals surface area (Å²) in [5, 5.41) is 15.7. The van der Waals surface area contributed by atoms with Crippen molar-refractivity contribution in [2.45, 2.75) is 33.2 Å². The second-order valence-corrected chi connectivity index (χ2v) is 9.62. The third-order valence-corrected chi connectivity index (χ3v) is 6.92. The second kappa shape index (κ2) is 7.56. The Bertz CT molecular complexity index is 1140. The van der Waals surface area contributed by atoms with E-state index in [-0.39, 0.29) is 11.9 Å². The van der Waals surface area contributed by atoms with Crippen LogP contribution in [0, 0.1) is 18.8 Å². The molecule has 1 aromatic carbocycles. The molecule has 30 heavy (non-hydrogen) atoms. The maximum absolute atomic E-state index is 11.2. The fourth-order valence-corrected chi connectivity index (χ4v) is 5.75. The number of hydrogen-bond donors (Lipinski definition) is 1. The van der Waals surface area contributed by atoms with Crippen LogP contribution in [0.25, 0.3) is 16.5 Å². The molecule has 4 aromatic rings. The molecule has 0 amide bonds. The van der Waals surface area contributed by atoms with Gasteiger partial charge >= 0.3 is 0 Å². The van der Waals surface area contributed by atoms with E-state index in [1.807, 2.05) is 12.1 Å². The molecule has 1 fully saturated rings. The summed E-state index contributed by atoms with van der Waals surface area (Å²) in [5.74, 6) is 2.49. The maximum atomic E-state index is 11.2. The fourth-order valence-electron chi connectivity index (χ4n) is 4.64. The quantitative estimate of drug-likeness (QED) is 0.494. The molecule has 0 spiro atoms. The number of rotatable bonds is 4. The first-order valence-electron chi connectivity index (χ1n) is 10.4. The van der Waals surface area contributed by atoms with Crippen LogP contribution in [0.4, 0.5) is 0 Å². The van der Waals surface area contributed by atoms with Gasteiger partial charge in [-0.3, -0.25) is 4.90 Å². The largest absolute Gasteiger partial charge is 0.492 e. The first kappa shape index (κ1) is 19.3. The lowest BCUT2D eigenvalue weighted by Gasteiger charge is -2.40. The van der Waals surface area contributed by atoms with Crippen molar-refractivity contribution in [1.29, 1.82) is 0 Å². The van der Waals surface area contributed by atoms with Crippen LogP contribution in [0.1, 0.15) is 42.3 Å². The molecule has 4 heterocycles. The van der Waals surface area contributed by atoms with Crippen molar-refractivity contribution in [3.63, 3.8) is 0 Å². The van der Waals surface area contributed by atoms with Gasteiger partial charge in [-0.25, -0.2) is 0 Å². The molecule has 0 radical (unpaired) electrons. The van der Waals surface area contributed by atoms with Crippen LogP contribution in [-0.2, 0) is 0 Å². The van der Waals surface area contributed by atoms with E-state index in [9.17, 15) is 5.11 Å². The topological polar surface area (TPSA) is 66.8 Å². The molecule has 1 aliphatic rings. The average molecular weight is 423 g/mol. The van der Waals surface area contributed by atoms with E-state index in [4.69, 9.17) is 4.42 Å². The molecule has 6 nitrogen and oxygen atoms in total. The molecule has 156 valence electrons. The minimum Gasteiger partial charge on any atom is -0.492 e. The molecule has 0 bridgehead atoms. The number of aromatic nitrogens is 3. The Morgan fingerprint density at radius 3 is 2.50 bits per heavy atom. The summed E-state index contributed by atoms with van der Waals surface area (Å²) in [5.41, 5.74) is 2.42. The van der Waals surface area contributed by atoms with Gasteiger partial charge in [0.1, 0.15) is 0 Å². The number of furan rings is 1. The standard InChI is InChI=1S/C23H26N4O2S/c1-14-6-8-17(9-7-14)19(26-12-15(2)11-16(3)13-26)20-22(28)27-23(30-20)24-21(25-27)18-5-4-10-29-18/h4-10,15-16,19,28H,11-13H2,1-3H3/t15-,16+,19-/m0/s1. The zero-order chi connectivity index (χ0) is 20.8. The second-order valence-electron chi connectivity index (χ2n) is 8.61. The summed E-state index contributed by atoms with van der Waals surface area (Å²) in [6.45, 7) is 8.74. The van der Waals surface area contributed by atoms with Crippen molar-refractivity contribution >= 4 is 16.3 Å². The first-order chi connectivity index (χ1) is 14.5. The predicted molar refractivity (Wildman–Crippen MR) is 118 cm³/mol. The summed E-state index contributed by atoms with van der Waals surface area (Å²) < 4.78 is 6.95. The van der Waals surface area contributed by atoms with Gasteiger partial charge in [0, 0.05) is 13.1 Å². The third-order valence-electron chi connectivity index (χ3n) is 5.84. The highest BCUT2D eigenvalue weighted by Crippen LogP contribution is 2.42. The van der Waals surface area contributed by atoms with Crippen molar-refractivity contribution in [2.24, 2.45) is 11.8 Å². The van der Waals surface area contributed by atoms with E-state index in [0.29, 0.717) is 28.4 Å². The Labute approximate surface area is 179 Å². The summed E-state index contributed by atoms with van der Waals surface area (Å²) in [6, 6.07) is 12.2. The van der Waals surface area contributed by atoms with Crippen LogP contribution in [0.3, 0.4) is 0 Å². The zero-order valence-electron chi connectivity index (χ0n) is 17.4. The van der Waals surface area contributed by atoms with Gasteiger partial charge in [0.25, 0.3) is 0 Å². The van der Waals surface area contributed by atoms with Gasteiger partial charge in [-0.15, -0.1) is 5.10 Å². The van der Waals surface area contributed by atoms with Crippen LogP contribution in [0.5, 0.6) is 5.88 Å². The average Bonchev–Trinajstić information content (AvgIpc) is 3.42. The van der Waals surface area contributed by atoms with E-state index in [1.54, 1.807) is 6.26 Å². The van der Waals surface area contributed by atoms with Crippen molar-refractivity contribution < 1.29 is 9.52 Å². The van der Waals surface area contributed by atoms with Gasteiger partial charge in [0.05, 0.1) is 17.2 Å². The van der Waals surface area contributed by atoms with Gasteiger partial charge in [0.15, 0.2) is 5.76 Å². The lowest BCUT2D eigenvalue weighted by molar-refractivity contribution is 0.112. The monoisotopic (exact) mass is 422 g/mol. The van der Waals surface area contributed by atoms with Crippen LogP contribution in [0.2, 0.25) is 0 Å². The molecular formula is C23H26N4O2S. The number of piperidine rings is 1. The Morgan fingerprint density at radius 2 is 1.87 bits per heavy atom. The Balaban J connectivity index is 1.60. The van der Waals surface area contributed by atoms with Crippen molar-refractivity contribution in [1.82, 2.24) is 19.5 Å². The van der Waals surface area contributed by atoms with Crippen LogP contribution >= 0.6 is 11.3 Å². The number of fused-ring (bicyclic) bond motifs is 1. The summed E-state index contributed by atoms with van der Waals surface area (Å²) in [6.07, 6.45) is 2.84. The molecule has 1 aliphatic heterocycles. The molecule has 1 saturated heterocycles. The lowest BCUT2D eigenvalue weighted by Crippen LogP contribution is -2.41. The minimum atomic E-state index is -0.0173. The SMILES string of the molecule is Cc1ccc([C@@H](c2sc3nc(-c4ccco4)nn3c2O)N2C[C@H](C)C[C@H](C)C2)cc1. The summed E-state index contributed by atoms with van der Waals surface area (Å²) >= 11 is 1.50. The first-order valence-corrected chi connectivity index (χ1v) is 11.2. The van der Waals surface area contributed by atoms with Crippen molar-refractivity contribution in [3.8, 4) is 17.5 Å². The number of benzene rings is 1. The van der Waals surface area contributed by atoms with E-state index < -0.39 is 0 Å². The molecule has 0 saturated carbocycles. The molecule has 7 heteroatoms. The van der Waals surface area contributed by atoms with Gasteiger partial charge in [-0.05, 0) is 42.9 Å². The highest BCUT2D eigenvalue weighted by Gasteiger charge is 2.33. The minimum absolute atomic E-state index is 0.0173. The van der Waals surface area contributed by atoms with E-state index >= 15 is 0 Å². The predicted octanol–water partition coefficient (Wildman–Crippen LogP) is 5.13. The Morgan fingerprint density at radius 1 is 1.13 bits per heavy atom. The van der Waals surface area contributed by atoms with Gasteiger partial charge < -0.3 is 9.52 Å². The third kappa shape index (κ3) is 3.42. The normalized spacial score (nSPS) is 21.3. The fraction of sp³-hybridized carbons (Fsp3) is 0.391. The molecule has 3 aromatic heterocycles. The smallest absolute Gasteiger partial charge is 0.230 e. The molecule has 0 unspecified atom stereocenters. The van der Waals surface area contributed by atoms with Crippen LogP contribution < -0.4 is 0 Å². The van der Waals surface area contributed by atoms with E-state index in [2.05, 4.69) is 60.0 Å². The van der Waals surface area contributed by atoms with Crippen LogP contribution in [0.15, 0.2) is 47.1 Å². The number of thiazole rings is 1. The summed E-state index contributed by atoms with van der Waals surface area (Å²) in [4.78, 5) is 8.66. The van der Waals surface area contributed by atoms with Crippen molar-refractivity contribution in [2.75, 3.05) is 13.1 Å². The number of nitrogens with zero attached hydrogens (tertiary/aromatic N) is 4.